The fourth-order valence-electron chi connectivity index (χ4n) is 4.93. The van der Waals surface area contributed by atoms with Crippen LogP contribution < -0.4 is 10.1 Å². The van der Waals surface area contributed by atoms with E-state index in [-0.39, 0.29) is 18.0 Å². The largest absolute Gasteiger partial charge is 0.496 e. The van der Waals surface area contributed by atoms with Crippen LogP contribution in [0.4, 0.5) is 15.9 Å². The number of anilines is 2. The number of halogens is 1. The summed E-state index contributed by atoms with van der Waals surface area (Å²) >= 11 is 2.07. The minimum Gasteiger partial charge on any atom is -0.496 e. The number of ether oxygens (including phenoxy) is 1. The van der Waals surface area contributed by atoms with Crippen molar-refractivity contribution in [2.45, 2.75) is 13.3 Å². The maximum Gasteiger partial charge on any atom is 0.159 e. The summed E-state index contributed by atoms with van der Waals surface area (Å²) in [5, 5.41) is 4.02. The van der Waals surface area contributed by atoms with Crippen LogP contribution in [0.2, 0.25) is 0 Å². The van der Waals surface area contributed by atoms with Gasteiger partial charge in [-0.15, -0.1) is 0 Å². The first-order valence-corrected chi connectivity index (χ1v) is 13.0. The van der Waals surface area contributed by atoms with E-state index in [2.05, 4.69) is 31.9 Å². The number of carbonyl (C=O) groups is 1. The van der Waals surface area contributed by atoms with Crippen LogP contribution in [0.1, 0.15) is 11.1 Å². The summed E-state index contributed by atoms with van der Waals surface area (Å²) in [4.78, 5) is 24.0. The molecular weight excluding hydrogens is 463 g/mol. The number of hydrogen-bond acceptors (Lipinski definition) is 7. The number of aryl methyl sites for hydroxylation is 1. The van der Waals surface area contributed by atoms with Gasteiger partial charge in [-0.25, -0.2) is 14.4 Å². The maximum atomic E-state index is 13.7. The lowest BCUT2D eigenvalue weighted by atomic mass is 10.0. The number of methoxy groups -OCH3 is 1. The van der Waals surface area contributed by atoms with E-state index in [0.29, 0.717) is 22.6 Å². The fourth-order valence-corrected chi connectivity index (χ4v) is 6.43. The second-order valence-corrected chi connectivity index (χ2v) is 10.4. The molecule has 2 aromatic carbocycles. The van der Waals surface area contributed by atoms with Gasteiger partial charge in [-0.2, -0.15) is 11.8 Å². The smallest absolute Gasteiger partial charge is 0.159 e. The first-order valence-electron chi connectivity index (χ1n) is 11.8. The molecule has 3 heterocycles. The summed E-state index contributed by atoms with van der Waals surface area (Å²) in [6, 6.07) is 8.55. The molecule has 2 atom stereocenters. The first-order chi connectivity index (χ1) is 17.0. The second kappa shape index (κ2) is 10.3. The molecule has 2 aliphatic rings. The molecule has 2 aliphatic heterocycles. The van der Waals surface area contributed by atoms with E-state index in [9.17, 15) is 9.18 Å². The number of benzene rings is 2. The van der Waals surface area contributed by atoms with Gasteiger partial charge in [0.05, 0.1) is 12.6 Å². The normalized spacial score (nSPS) is 20.0. The molecule has 5 rings (SSSR count). The van der Waals surface area contributed by atoms with E-state index in [4.69, 9.17) is 4.74 Å². The van der Waals surface area contributed by atoms with Gasteiger partial charge in [-0.05, 0) is 66.2 Å². The van der Waals surface area contributed by atoms with Crippen molar-refractivity contribution in [2.24, 2.45) is 11.8 Å². The second-order valence-electron chi connectivity index (χ2n) is 9.31. The number of likely N-dealkylation sites (tertiary alicyclic amines) is 1. The Hall–Kier alpha value is -2.97. The van der Waals surface area contributed by atoms with Gasteiger partial charge in [-0.3, -0.25) is 9.69 Å². The minimum absolute atomic E-state index is 0.0260. The average Bonchev–Trinajstić information content (AvgIpc) is 3.43. The summed E-state index contributed by atoms with van der Waals surface area (Å²) in [7, 11) is 1.59. The topological polar surface area (TPSA) is 67.4 Å². The number of hydrogen-bond donors (Lipinski definition) is 1. The van der Waals surface area contributed by atoms with Crippen molar-refractivity contribution in [3.8, 4) is 5.75 Å². The Labute approximate surface area is 209 Å². The van der Waals surface area contributed by atoms with Crippen molar-refractivity contribution >= 4 is 40.0 Å². The Morgan fingerprint density at radius 2 is 2.03 bits per heavy atom. The zero-order chi connectivity index (χ0) is 24.4. The van der Waals surface area contributed by atoms with Gasteiger partial charge in [0, 0.05) is 48.8 Å². The van der Waals surface area contributed by atoms with Crippen LogP contribution in [-0.4, -0.2) is 58.9 Å². The lowest BCUT2D eigenvalue weighted by Gasteiger charge is -2.14. The molecule has 3 aromatic rings. The predicted molar refractivity (Wildman–Crippen MR) is 139 cm³/mol. The average molecular weight is 493 g/mol. The minimum atomic E-state index is -0.256. The van der Waals surface area contributed by atoms with Gasteiger partial charge in [-0.1, -0.05) is 6.08 Å². The molecule has 6 nitrogen and oxygen atoms in total. The highest BCUT2D eigenvalue weighted by Gasteiger charge is 2.35. The van der Waals surface area contributed by atoms with E-state index < -0.39 is 0 Å². The molecule has 182 valence electrons. The molecule has 1 N–H and O–H groups in total. The van der Waals surface area contributed by atoms with Crippen LogP contribution in [0, 0.1) is 24.6 Å². The Bertz CT molecular complexity index is 1270. The Kier molecular flexibility index (Phi) is 7.02. The van der Waals surface area contributed by atoms with Crippen LogP contribution in [0.25, 0.3) is 10.9 Å². The van der Waals surface area contributed by atoms with Crippen LogP contribution in [0.15, 0.2) is 48.8 Å². The number of thioether (sulfide) groups is 1. The molecule has 2 unspecified atom stereocenters. The molecule has 0 saturated carbocycles. The Morgan fingerprint density at radius 1 is 1.23 bits per heavy atom. The van der Waals surface area contributed by atoms with Crippen molar-refractivity contribution in [2.75, 3.05) is 43.6 Å². The molecule has 35 heavy (non-hydrogen) atoms. The third-order valence-electron chi connectivity index (χ3n) is 6.81. The molecule has 0 bridgehead atoms. The highest BCUT2D eigenvalue weighted by atomic mass is 32.2. The number of carbonyl (C=O) groups excluding carboxylic acids is 1. The highest BCUT2D eigenvalue weighted by molar-refractivity contribution is 7.99. The van der Waals surface area contributed by atoms with E-state index in [1.54, 1.807) is 32.2 Å². The molecule has 8 heteroatoms. The Morgan fingerprint density at radius 3 is 2.77 bits per heavy atom. The van der Waals surface area contributed by atoms with E-state index in [0.717, 1.165) is 48.1 Å². The quantitative estimate of drug-likeness (QED) is 0.454. The van der Waals surface area contributed by atoms with Gasteiger partial charge in [0.25, 0.3) is 0 Å². The van der Waals surface area contributed by atoms with Crippen LogP contribution >= 0.6 is 11.8 Å². The first kappa shape index (κ1) is 23.8. The standard InChI is InChI=1S/C27H29FN4O2S/c1-17-8-21(5-6-24(17)28)31-27-23-10-18(26(34-2)11-25(23)29-16-30-27)9-22(33)4-3-7-32-12-19-14-35-15-20(19)13-32/h3-6,8,10-11,16,19-20H,7,9,12-15H2,1-2H3,(H,29,30,31)/b4-3+. The van der Waals surface area contributed by atoms with Gasteiger partial charge < -0.3 is 10.1 Å². The summed E-state index contributed by atoms with van der Waals surface area (Å²) in [6.45, 7) is 4.81. The van der Waals surface area contributed by atoms with Crippen LogP contribution in [0.5, 0.6) is 5.75 Å². The monoisotopic (exact) mass is 492 g/mol. The number of nitrogens with zero attached hydrogens (tertiary/aromatic N) is 3. The summed E-state index contributed by atoms with van der Waals surface area (Å²) < 4.78 is 19.2. The fraction of sp³-hybridized carbons (Fsp3) is 0.370. The van der Waals surface area contributed by atoms with Crippen molar-refractivity contribution in [3.05, 3.63) is 65.8 Å². The molecule has 0 aliphatic carbocycles. The SMILES string of the molecule is COc1cc2ncnc(Nc3ccc(F)c(C)c3)c2cc1CC(=O)/C=C/CN1CC2CSCC2C1. The maximum absolute atomic E-state index is 13.7. The predicted octanol–water partition coefficient (Wildman–Crippen LogP) is 4.79. The number of allylic oxidation sites excluding steroid dienone is 1. The van der Waals surface area contributed by atoms with Gasteiger partial charge in [0.15, 0.2) is 5.78 Å². The Balaban J connectivity index is 1.31. The molecule has 2 fully saturated rings. The highest BCUT2D eigenvalue weighted by Crippen LogP contribution is 2.35. The lowest BCUT2D eigenvalue weighted by Crippen LogP contribution is -2.22. The zero-order valence-electron chi connectivity index (χ0n) is 20.0. The van der Waals surface area contributed by atoms with Crippen LogP contribution in [-0.2, 0) is 11.2 Å². The van der Waals surface area contributed by atoms with Crippen molar-refractivity contribution < 1.29 is 13.9 Å². The van der Waals surface area contributed by atoms with Gasteiger partial charge >= 0.3 is 0 Å². The van der Waals surface area contributed by atoms with Crippen LogP contribution in [0.3, 0.4) is 0 Å². The third kappa shape index (κ3) is 5.33. The number of fused-ring (bicyclic) bond motifs is 2. The molecule has 1 aromatic heterocycles. The third-order valence-corrected chi connectivity index (χ3v) is 8.13. The number of rotatable bonds is 8. The van der Waals surface area contributed by atoms with E-state index >= 15 is 0 Å². The van der Waals surface area contributed by atoms with Crippen molar-refractivity contribution in [3.63, 3.8) is 0 Å². The molecule has 0 radical (unpaired) electrons. The summed E-state index contributed by atoms with van der Waals surface area (Å²) in [5.74, 6) is 5.15. The molecular formula is C27H29FN4O2S. The van der Waals surface area contributed by atoms with Gasteiger partial charge in [0.2, 0.25) is 0 Å². The lowest BCUT2D eigenvalue weighted by molar-refractivity contribution is -0.114. The number of nitrogens with one attached hydrogen (secondary N) is 1. The van der Waals surface area contributed by atoms with Gasteiger partial charge in [0.1, 0.15) is 23.7 Å². The zero-order valence-corrected chi connectivity index (χ0v) is 20.8. The number of aromatic nitrogens is 2. The van der Waals surface area contributed by atoms with E-state index in [1.807, 2.05) is 18.2 Å². The van der Waals surface area contributed by atoms with Crippen molar-refractivity contribution in [1.29, 1.82) is 0 Å². The molecule has 2 saturated heterocycles. The summed E-state index contributed by atoms with van der Waals surface area (Å²) in [5.41, 5.74) is 2.74. The number of ketones is 1. The summed E-state index contributed by atoms with van der Waals surface area (Å²) in [6.07, 6.45) is 5.37. The molecule has 0 amide bonds. The molecule has 0 spiro atoms. The van der Waals surface area contributed by atoms with Crippen molar-refractivity contribution in [1.82, 2.24) is 14.9 Å². The van der Waals surface area contributed by atoms with E-state index in [1.165, 1.54) is 23.9 Å².